The first-order valence-electron chi connectivity index (χ1n) is 7.23. The Kier molecular flexibility index (Phi) is 5.57. The molecule has 0 bridgehead atoms. The third kappa shape index (κ3) is 4.40. The minimum Gasteiger partial charge on any atom is -0.329 e. The smallest absolute Gasteiger partial charge is 0.0344 e. The second-order valence-corrected chi connectivity index (χ2v) is 6.76. The topological polar surface area (TPSA) is 29.3 Å². The second kappa shape index (κ2) is 7.21. The van der Waals surface area contributed by atoms with Crippen molar-refractivity contribution in [3.8, 4) is 0 Å². The van der Waals surface area contributed by atoms with Gasteiger partial charge in [0.05, 0.1) is 0 Å². The molecular weight excluding hydrogens is 324 g/mol. The van der Waals surface area contributed by atoms with Crippen molar-refractivity contribution in [2.75, 3.05) is 13.6 Å². The fraction of sp³-hybridized carbons (Fsp3) is 0.333. The van der Waals surface area contributed by atoms with Gasteiger partial charge in [-0.05, 0) is 43.7 Å². The van der Waals surface area contributed by atoms with Crippen LogP contribution in [-0.4, -0.2) is 24.0 Å². The normalized spacial score (nSPS) is 14.1. The van der Waals surface area contributed by atoms with Crippen LogP contribution in [0.2, 0.25) is 0 Å². The van der Waals surface area contributed by atoms with Gasteiger partial charge in [0, 0.05) is 23.1 Å². The van der Waals surface area contributed by atoms with E-state index in [9.17, 15) is 0 Å². The number of benzene rings is 2. The lowest BCUT2D eigenvalue weighted by Gasteiger charge is -2.38. The Morgan fingerprint density at radius 3 is 2.19 bits per heavy atom. The van der Waals surface area contributed by atoms with E-state index in [-0.39, 0.29) is 5.54 Å². The van der Waals surface area contributed by atoms with Gasteiger partial charge in [-0.25, -0.2) is 0 Å². The highest BCUT2D eigenvalue weighted by Crippen LogP contribution is 2.22. The SMILES string of the molecule is CN(Cc1ccccc1)C(C)(CN)Cc1ccc(Br)cc1. The van der Waals surface area contributed by atoms with Gasteiger partial charge < -0.3 is 5.73 Å². The lowest BCUT2D eigenvalue weighted by molar-refractivity contribution is 0.136. The van der Waals surface area contributed by atoms with Crippen molar-refractivity contribution >= 4 is 15.9 Å². The van der Waals surface area contributed by atoms with Crippen molar-refractivity contribution in [2.24, 2.45) is 5.73 Å². The van der Waals surface area contributed by atoms with E-state index in [1.165, 1.54) is 11.1 Å². The quantitative estimate of drug-likeness (QED) is 0.860. The van der Waals surface area contributed by atoms with Crippen LogP contribution in [0.4, 0.5) is 0 Å². The molecule has 1 unspecified atom stereocenters. The standard InChI is InChI=1S/C18H23BrN2/c1-18(14-20,12-15-8-10-17(19)11-9-15)21(2)13-16-6-4-3-5-7-16/h3-11H,12-14,20H2,1-2H3. The molecule has 0 amide bonds. The molecule has 0 saturated carbocycles. The summed E-state index contributed by atoms with van der Waals surface area (Å²) in [4.78, 5) is 2.35. The molecule has 0 aliphatic rings. The number of hydrogen-bond acceptors (Lipinski definition) is 2. The zero-order chi connectivity index (χ0) is 15.3. The lowest BCUT2D eigenvalue weighted by atomic mass is 9.91. The number of nitrogens with zero attached hydrogens (tertiary/aromatic N) is 1. The van der Waals surface area contributed by atoms with Crippen molar-refractivity contribution in [1.29, 1.82) is 0 Å². The summed E-state index contributed by atoms with van der Waals surface area (Å²) in [6.45, 7) is 3.77. The maximum atomic E-state index is 6.09. The van der Waals surface area contributed by atoms with Crippen molar-refractivity contribution < 1.29 is 0 Å². The van der Waals surface area contributed by atoms with E-state index in [4.69, 9.17) is 5.73 Å². The summed E-state index contributed by atoms with van der Waals surface area (Å²) in [6, 6.07) is 19.0. The highest BCUT2D eigenvalue weighted by Gasteiger charge is 2.28. The monoisotopic (exact) mass is 346 g/mol. The van der Waals surface area contributed by atoms with E-state index in [1.807, 2.05) is 6.07 Å². The van der Waals surface area contributed by atoms with E-state index in [2.05, 4.69) is 83.3 Å². The van der Waals surface area contributed by atoms with Gasteiger partial charge in [-0.1, -0.05) is 58.4 Å². The first kappa shape index (κ1) is 16.2. The Hall–Kier alpha value is -1.16. The van der Waals surface area contributed by atoms with Crippen molar-refractivity contribution in [3.63, 3.8) is 0 Å². The van der Waals surface area contributed by atoms with Crippen LogP contribution in [-0.2, 0) is 13.0 Å². The zero-order valence-corrected chi connectivity index (χ0v) is 14.3. The molecule has 112 valence electrons. The molecular formula is C18H23BrN2. The van der Waals surface area contributed by atoms with Crippen molar-refractivity contribution in [3.05, 3.63) is 70.2 Å². The molecule has 3 heteroatoms. The van der Waals surface area contributed by atoms with Crippen LogP contribution in [0.3, 0.4) is 0 Å². The molecule has 0 saturated heterocycles. The minimum atomic E-state index is -0.0519. The highest BCUT2D eigenvalue weighted by molar-refractivity contribution is 9.10. The average Bonchev–Trinajstić information content (AvgIpc) is 2.50. The third-order valence-electron chi connectivity index (χ3n) is 4.12. The van der Waals surface area contributed by atoms with E-state index in [0.29, 0.717) is 6.54 Å². The predicted molar refractivity (Wildman–Crippen MR) is 93.2 cm³/mol. The summed E-state index contributed by atoms with van der Waals surface area (Å²) in [5.74, 6) is 0. The van der Waals surface area contributed by atoms with Crippen LogP contribution in [0.25, 0.3) is 0 Å². The molecule has 21 heavy (non-hydrogen) atoms. The average molecular weight is 347 g/mol. The summed E-state index contributed by atoms with van der Waals surface area (Å²) >= 11 is 3.48. The lowest BCUT2D eigenvalue weighted by Crippen LogP contribution is -2.50. The number of likely N-dealkylation sites (N-methyl/N-ethyl adjacent to an activating group) is 1. The Balaban J connectivity index is 2.10. The molecule has 2 aromatic carbocycles. The molecule has 0 heterocycles. The van der Waals surface area contributed by atoms with Gasteiger partial charge in [0.25, 0.3) is 0 Å². The molecule has 0 radical (unpaired) electrons. The molecule has 2 rings (SSSR count). The fourth-order valence-electron chi connectivity index (χ4n) is 2.45. The van der Waals surface area contributed by atoms with Gasteiger partial charge in [0.1, 0.15) is 0 Å². The summed E-state index contributed by atoms with van der Waals surface area (Å²) in [6.07, 6.45) is 0.945. The maximum Gasteiger partial charge on any atom is 0.0344 e. The summed E-state index contributed by atoms with van der Waals surface area (Å²) in [7, 11) is 2.15. The van der Waals surface area contributed by atoms with Gasteiger partial charge in [0.15, 0.2) is 0 Å². The number of rotatable bonds is 6. The van der Waals surface area contributed by atoms with E-state index < -0.39 is 0 Å². The fourth-order valence-corrected chi connectivity index (χ4v) is 2.72. The van der Waals surface area contributed by atoms with Gasteiger partial charge >= 0.3 is 0 Å². The van der Waals surface area contributed by atoms with Gasteiger partial charge in [-0.3, -0.25) is 4.90 Å². The van der Waals surface area contributed by atoms with Crippen LogP contribution < -0.4 is 5.73 Å². The molecule has 2 nitrogen and oxygen atoms in total. The Labute approximate surface area is 136 Å². The van der Waals surface area contributed by atoms with Crippen molar-refractivity contribution in [2.45, 2.75) is 25.4 Å². The molecule has 0 aliphatic carbocycles. The third-order valence-corrected chi connectivity index (χ3v) is 4.65. The molecule has 0 aliphatic heterocycles. The van der Waals surface area contributed by atoms with Gasteiger partial charge in [-0.15, -0.1) is 0 Å². The number of halogens is 1. The van der Waals surface area contributed by atoms with Crippen molar-refractivity contribution in [1.82, 2.24) is 4.90 Å². The maximum absolute atomic E-state index is 6.09. The predicted octanol–water partition coefficient (Wildman–Crippen LogP) is 3.84. The summed E-state index contributed by atoms with van der Waals surface area (Å²) < 4.78 is 1.11. The molecule has 1 atom stereocenters. The van der Waals surface area contributed by atoms with Crippen LogP contribution in [0.1, 0.15) is 18.1 Å². The van der Waals surface area contributed by atoms with E-state index >= 15 is 0 Å². The van der Waals surface area contributed by atoms with Crippen LogP contribution in [0.15, 0.2) is 59.1 Å². The first-order chi connectivity index (χ1) is 10.0. The first-order valence-corrected chi connectivity index (χ1v) is 8.02. The van der Waals surface area contributed by atoms with E-state index in [0.717, 1.165) is 17.4 Å². The van der Waals surface area contributed by atoms with Crippen LogP contribution in [0.5, 0.6) is 0 Å². The minimum absolute atomic E-state index is 0.0519. The Morgan fingerprint density at radius 2 is 1.62 bits per heavy atom. The number of nitrogens with two attached hydrogens (primary N) is 1. The second-order valence-electron chi connectivity index (χ2n) is 5.85. The van der Waals surface area contributed by atoms with Gasteiger partial charge in [-0.2, -0.15) is 0 Å². The highest BCUT2D eigenvalue weighted by atomic mass is 79.9. The summed E-state index contributed by atoms with van der Waals surface area (Å²) in [5, 5.41) is 0. The molecule has 0 fully saturated rings. The number of hydrogen-bond donors (Lipinski definition) is 1. The van der Waals surface area contributed by atoms with Gasteiger partial charge in [0.2, 0.25) is 0 Å². The Morgan fingerprint density at radius 1 is 1.00 bits per heavy atom. The van der Waals surface area contributed by atoms with Crippen LogP contribution in [0, 0.1) is 0 Å². The molecule has 0 spiro atoms. The van der Waals surface area contributed by atoms with E-state index in [1.54, 1.807) is 0 Å². The summed E-state index contributed by atoms with van der Waals surface area (Å²) in [5.41, 5.74) is 8.66. The molecule has 2 aromatic rings. The van der Waals surface area contributed by atoms with Crippen LogP contribution >= 0.6 is 15.9 Å². The Bertz CT molecular complexity index is 553. The largest absolute Gasteiger partial charge is 0.329 e. The zero-order valence-electron chi connectivity index (χ0n) is 12.7. The molecule has 0 aromatic heterocycles. The molecule has 2 N–H and O–H groups in total.